The lowest BCUT2D eigenvalue weighted by Gasteiger charge is -2.17. The molecule has 12 heavy (non-hydrogen) atoms. The van der Waals surface area contributed by atoms with Crippen LogP contribution in [0.4, 0.5) is 0 Å². The zero-order valence-corrected chi connectivity index (χ0v) is 7.51. The van der Waals surface area contributed by atoms with Gasteiger partial charge < -0.3 is 0 Å². The number of hydrogen-bond acceptors (Lipinski definition) is 1. The summed E-state index contributed by atoms with van der Waals surface area (Å²) in [6.45, 7) is 0. The smallest absolute Gasteiger partial charge is 0.139 e. The van der Waals surface area contributed by atoms with Gasteiger partial charge in [-0.2, -0.15) is 0 Å². The summed E-state index contributed by atoms with van der Waals surface area (Å²) in [5.74, 6) is 0.841. The second-order valence-corrected chi connectivity index (χ2v) is 3.94. The zero-order valence-electron chi connectivity index (χ0n) is 7.51. The van der Waals surface area contributed by atoms with E-state index >= 15 is 0 Å². The minimum atomic E-state index is 0.338. The van der Waals surface area contributed by atoms with E-state index in [1.807, 2.05) is 0 Å². The second-order valence-electron chi connectivity index (χ2n) is 3.94. The van der Waals surface area contributed by atoms with Crippen LogP contribution in [0.25, 0.3) is 0 Å². The van der Waals surface area contributed by atoms with Crippen LogP contribution >= 0.6 is 0 Å². The normalized spacial score (nSPS) is 30.5. The fraction of sp³-hybridized carbons (Fsp3) is 0.727. The Morgan fingerprint density at radius 2 is 2.08 bits per heavy atom. The number of rotatable bonds is 1. The van der Waals surface area contributed by atoms with Crippen molar-refractivity contribution in [2.75, 3.05) is 0 Å². The fourth-order valence-electron chi connectivity index (χ4n) is 2.39. The average Bonchev–Trinajstić information content (AvgIpc) is 2.53. The maximum absolute atomic E-state index is 11.4. The van der Waals surface area contributed by atoms with E-state index in [1.54, 1.807) is 0 Å². The van der Waals surface area contributed by atoms with E-state index in [-0.39, 0.29) is 0 Å². The highest BCUT2D eigenvalue weighted by Gasteiger charge is 2.27. The van der Waals surface area contributed by atoms with Crippen molar-refractivity contribution in [3.8, 4) is 0 Å². The lowest BCUT2D eigenvalue weighted by Crippen LogP contribution is -2.11. The highest BCUT2D eigenvalue weighted by atomic mass is 16.1. The van der Waals surface area contributed by atoms with Gasteiger partial charge in [-0.1, -0.05) is 11.6 Å². The van der Waals surface area contributed by atoms with Gasteiger partial charge in [-0.05, 0) is 38.5 Å². The van der Waals surface area contributed by atoms with Crippen LogP contribution in [0.2, 0.25) is 0 Å². The van der Waals surface area contributed by atoms with Gasteiger partial charge in [0.25, 0.3) is 0 Å². The summed E-state index contributed by atoms with van der Waals surface area (Å²) >= 11 is 0. The molecule has 0 spiro atoms. The molecule has 0 heterocycles. The molecule has 1 unspecified atom stereocenters. The van der Waals surface area contributed by atoms with Gasteiger partial charge in [-0.15, -0.1) is 0 Å². The Morgan fingerprint density at radius 3 is 2.67 bits per heavy atom. The summed E-state index contributed by atoms with van der Waals surface area (Å²) in [4.78, 5) is 11.4. The molecule has 0 bridgehead atoms. The Balaban J connectivity index is 2.07. The molecule has 2 rings (SSSR count). The highest BCUT2D eigenvalue weighted by molar-refractivity contribution is 5.85. The summed E-state index contributed by atoms with van der Waals surface area (Å²) in [5.41, 5.74) is 1.46. The molecule has 1 saturated carbocycles. The Bertz CT molecular complexity index is 215. The summed E-state index contributed by atoms with van der Waals surface area (Å²) in [6.07, 6.45) is 10.4. The number of hydrogen-bond donors (Lipinski definition) is 0. The number of carbonyl (C=O) groups excluding carboxylic acids is 1. The standard InChI is InChI=1S/C11H16O/c12-11-8-4-7-10(11)9-5-2-1-3-6-9/h5,10H,1-4,6-8H2. The predicted molar refractivity (Wildman–Crippen MR) is 48.9 cm³/mol. The third kappa shape index (κ3) is 1.45. The van der Waals surface area contributed by atoms with Crippen LogP contribution in [0.5, 0.6) is 0 Å². The second kappa shape index (κ2) is 3.42. The average molecular weight is 164 g/mol. The predicted octanol–water partition coefficient (Wildman–Crippen LogP) is 2.86. The molecule has 0 N–H and O–H groups in total. The third-order valence-corrected chi connectivity index (χ3v) is 3.08. The molecule has 0 radical (unpaired) electrons. The van der Waals surface area contributed by atoms with Crippen molar-refractivity contribution in [1.82, 2.24) is 0 Å². The molecule has 1 fully saturated rings. The molecule has 0 saturated heterocycles. The first-order valence-electron chi connectivity index (χ1n) is 5.09. The first-order valence-corrected chi connectivity index (χ1v) is 5.09. The van der Waals surface area contributed by atoms with E-state index in [0.717, 1.165) is 19.3 Å². The first kappa shape index (κ1) is 8.03. The van der Waals surface area contributed by atoms with Gasteiger partial charge in [-0.3, -0.25) is 4.79 Å². The first-order chi connectivity index (χ1) is 5.88. The molecule has 0 aromatic carbocycles. The molecular formula is C11H16O. The van der Waals surface area contributed by atoms with Crippen LogP contribution in [0.3, 0.4) is 0 Å². The molecule has 2 aliphatic carbocycles. The van der Waals surface area contributed by atoms with Gasteiger partial charge in [0.2, 0.25) is 0 Å². The number of allylic oxidation sites excluding steroid dienone is 2. The van der Waals surface area contributed by atoms with Crippen molar-refractivity contribution in [2.45, 2.75) is 44.9 Å². The van der Waals surface area contributed by atoms with Crippen molar-refractivity contribution in [3.05, 3.63) is 11.6 Å². The van der Waals surface area contributed by atoms with Crippen LogP contribution in [0.15, 0.2) is 11.6 Å². The summed E-state index contributed by atoms with van der Waals surface area (Å²) in [5, 5.41) is 0. The Labute approximate surface area is 73.8 Å². The maximum Gasteiger partial charge on any atom is 0.139 e. The lowest BCUT2D eigenvalue weighted by atomic mass is 9.88. The van der Waals surface area contributed by atoms with E-state index in [2.05, 4.69) is 6.08 Å². The Hall–Kier alpha value is -0.590. The van der Waals surface area contributed by atoms with Gasteiger partial charge in [0, 0.05) is 12.3 Å². The summed E-state index contributed by atoms with van der Waals surface area (Å²) in [6, 6.07) is 0. The van der Waals surface area contributed by atoms with Gasteiger partial charge in [0.15, 0.2) is 0 Å². The summed E-state index contributed by atoms with van der Waals surface area (Å²) in [7, 11) is 0. The van der Waals surface area contributed by atoms with Crippen molar-refractivity contribution in [3.63, 3.8) is 0 Å². The van der Waals surface area contributed by atoms with Crippen molar-refractivity contribution >= 4 is 5.78 Å². The van der Waals surface area contributed by atoms with E-state index < -0.39 is 0 Å². The SMILES string of the molecule is O=C1CCCC1C1=CCCCC1. The van der Waals surface area contributed by atoms with E-state index in [0.29, 0.717) is 11.7 Å². The van der Waals surface area contributed by atoms with Gasteiger partial charge >= 0.3 is 0 Å². The van der Waals surface area contributed by atoms with Crippen LogP contribution < -0.4 is 0 Å². The van der Waals surface area contributed by atoms with E-state index in [4.69, 9.17) is 0 Å². The molecule has 0 aromatic rings. The Morgan fingerprint density at radius 1 is 1.17 bits per heavy atom. The van der Waals surface area contributed by atoms with Crippen molar-refractivity contribution < 1.29 is 4.79 Å². The third-order valence-electron chi connectivity index (χ3n) is 3.08. The van der Waals surface area contributed by atoms with Gasteiger partial charge in [-0.25, -0.2) is 0 Å². The minimum absolute atomic E-state index is 0.338. The fourth-order valence-corrected chi connectivity index (χ4v) is 2.39. The molecular weight excluding hydrogens is 148 g/mol. The van der Waals surface area contributed by atoms with E-state index in [9.17, 15) is 4.79 Å². The topological polar surface area (TPSA) is 17.1 Å². The van der Waals surface area contributed by atoms with Crippen LogP contribution in [0.1, 0.15) is 44.9 Å². The van der Waals surface area contributed by atoms with Crippen molar-refractivity contribution in [2.24, 2.45) is 5.92 Å². The van der Waals surface area contributed by atoms with Crippen molar-refractivity contribution in [1.29, 1.82) is 0 Å². The molecule has 1 nitrogen and oxygen atoms in total. The van der Waals surface area contributed by atoms with Gasteiger partial charge in [0.05, 0.1) is 0 Å². The number of Topliss-reactive ketones (excluding diaryl/α,β-unsaturated/α-hetero) is 1. The minimum Gasteiger partial charge on any atom is -0.299 e. The molecule has 0 aromatic heterocycles. The number of carbonyl (C=O) groups is 1. The molecule has 1 atom stereocenters. The molecule has 2 aliphatic rings. The molecule has 1 heteroatoms. The maximum atomic E-state index is 11.4. The van der Waals surface area contributed by atoms with Crippen LogP contribution in [-0.4, -0.2) is 5.78 Å². The largest absolute Gasteiger partial charge is 0.299 e. The summed E-state index contributed by atoms with van der Waals surface area (Å²) < 4.78 is 0. The molecule has 0 amide bonds. The number of ketones is 1. The van der Waals surface area contributed by atoms with Crippen LogP contribution in [0, 0.1) is 5.92 Å². The van der Waals surface area contributed by atoms with E-state index in [1.165, 1.54) is 31.3 Å². The molecule has 0 aliphatic heterocycles. The highest BCUT2D eigenvalue weighted by Crippen LogP contribution is 2.33. The zero-order chi connectivity index (χ0) is 8.39. The lowest BCUT2D eigenvalue weighted by molar-refractivity contribution is -0.119. The Kier molecular flexibility index (Phi) is 2.29. The molecule has 66 valence electrons. The van der Waals surface area contributed by atoms with Crippen LogP contribution in [-0.2, 0) is 4.79 Å². The monoisotopic (exact) mass is 164 g/mol. The quantitative estimate of drug-likeness (QED) is 0.545. The van der Waals surface area contributed by atoms with Gasteiger partial charge in [0.1, 0.15) is 5.78 Å².